The summed E-state index contributed by atoms with van der Waals surface area (Å²) in [5.41, 5.74) is 1.73. The molecule has 114 valence electrons. The van der Waals surface area contributed by atoms with Crippen molar-refractivity contribution in [2.75, 3.05) is 5.32 Å². The average Bonchev–Trinajstić information content (AvgIpc) is 3.22. The van der Waals surface area contributed by atoms with Crippen molar-refractivity contribution < 1.29 is 4.39 Å². The fourth-order valence-corrected chi connectivity index (χ4v) is 2.87. The Bertz CT molecular complexity index is 948. The summed E-state index contributed by atoms with van der Waals surface area (Å²) in [6, 6.07) is 10.2. The highest BCUT2D eigenvalue weighted by atomic mass is 32.1. The summed E-state index contributed by atoms with van der Waals surface area (Å²) in [6.45, 7) is 0.594. The van der Waals surface area contributed by atoms with E-state index in [1.165, 1.54) is 6.07 Å². The molecule has 0 amide bonds. The van der Waals surface area contributed by atoms with E-state index in [0.717, 1.165) is 10.8 Å². The summed E-state index contributed by atoms with van der Waals surface area (Å²) < 4.78 is 15.6. The number of thiazole rings is 1. The van der Waals surface area contributed by atoms with Gasteiger partial charge < -0.3 is 5.32 Å². The van der Waals surface area contributed by atoms with Gasteiger partial charge in [0.1, 0.15) is 16.6 Å². The van der Waals surface area contributed by atoms with Crippen molar-refractivity contribution in [2.45, 2.75) is 6.54 Å². The van der Waals surface area contributed by atoms with Gasteiger partial charge in [-0.15, -0.1) is 11.3 Å². The number of aromatic nitrogens is 4. The summed E-state index contributed by atoms with van der Waals surface area (Å²) in [5.74, 6) is 0.449. The molecule has 0 bridgehead atoms. The molecule has 23 heavy (non-hydrogen) atoms. The molecule has 0 spiro atoms. The Morgan fingerprint density at radius 1 is 1.13 bits per heavy atom. The minimum Gasteiger partial charge on any atom is -0.362 e. The Morgan fingerprint density at radius 3 is 2.87 bits per heavy atom. The van der Waals surface area contributed by atoms with Crippen LogP contribution in [0, 0.1) is 5.82 Å². The van der Waals surface area contributed by atoms with Crippen LogP contribution in [0.3, 0.4) is 0 Å². The molecule has 0 saturated carbocycles. The molecule has 1 aromatic carbocycles. The molecule has 3 heterocycles. The van der Waals surface area contributed by atoms with Crippen LogP contribution in [0.4, 0.5) is 10.2 Å². The largest absolute Gasteiger partial charge is 0.362 e. The standard InChI is InChI=1S/C16H12FN5S/c17-12-4-2-1-3-11(12)13-5-6-14-19-9-15(22(14)21-13)20-10-16-18-7-8-23-16/h1-9,20H,10H2. The van der Waals surface area contributed by atoms with Gasteiger partial charge in [0.25, 0.3) is 0 Å². The molecular weight excluding hydrogens is 313 g/mol. The lowest BCUT2D eigenvalue weighted by atomic mass is 10.1. The number of hydrogen-bond donors (Lipinski definition) is 1. The molecule has 7 heteroatoms. The monoisotopic (exact) mass is 325 g/mol. The Kier molecular flexibility index (Phi) is 3.47. The molecule has 0 fully saturated rings. The second-order valence-corrected chi connectivity index (χ2v) is 5.87. The smallest absolute Gasteiger partial charge is 0.155 e. The topological polar surface area (TPSA) is 55.1 Å². The van der Waals surface area contributed by atoms with Crippen molar-refractivity contribution >= 4 is 22.8 Å². The summed E-state index contributed by atoms with van der Waals surface area (Å²) >= 11 is 1.58. The second kappa shape index (κ2) is 5.77. The lowest BCUT2D eigenvalue weighted by Gasteiger charge is -2.06. The average molecular weight is 325 g/mol. The molecule has 0 unspecified atom stereocenters. The van der Waals surface area contributed by atoms with Crippen molar-refractivity contribution in [3.8, 4) is 11.3 Å². The van der Waals surface area contributed by atoms with E-state index in [2.05, 4.69) is 20.4 Å². The quantitative estimate of drug-likeness (QED) is 0.623. The molecule has 1 N–H and O–H groups in total. The highest BCUT2D eigenvalue weighted by Crippen LogP contribution is 2.22. The van der Waals surface area contributed by atoms with Gasteiger partial charge in [0.2, 0.25) is 0 Å². The van der Waals surface area contributed by atoms with Crippen LogP contribution in [0.1, 0.15) is 5.01 Å². The maximum Gasteiger partial charge on any atom is 0.155 e. The van der Waals surface area contributed by atoms with E-state index in [1.54, 1.807) is 52.5 Å². The first kappa shape index (κ1) is 13.8. The predicted molar refractivity (Wildman–Crippen MR) is 87.8 cm³/mol. The highest BCUT2D eigenvalue weighted by Gasteiger charge is 2.10. The third-order valence-electron chi connectivity index (χ3n) is 3.42. The van der Waals surface area contributed by atoms with Crippen molar-refractivity contribution in [3.05, 3.63) is 65.0 Å². The minimum atomic E-state index is -0.295. The molecule has 0 saturated heterocycles. The van der Waals surface area contributed by atoms with E-state index in [0.29, 0.717) is 23.4 Å². The van der Waals surface area contributed by atoms with Crippen LogP contribution in [-0.4, -0.2) is 19.6 Å². The van der Waals surface area contributed by atoms with E-state index < -0.39 is 0 Å². The van der Waals surface area contributed by atoms with E-state index in [1.807, 2.05) is 11.4 Å². The van der Waals surface area contributed by atoms with Crippen LogP contribution < -0.4 is 5.32 Å². The van der Waals surface area contributed by atoms with Gasteiger partial charge >= 0.3 is 0 Å². The number of rotatable bonds is 4. The van der Waals surface area contributed by atoms with Crippen LogP contribution in [0.2, 0.25) is 0 Å². The summed E-state index contributed by atoms with van der Waals surface area (Å²) in [6.07, 6.45) is 3.48. The van der Waals surface area contributed by atoms with Gasteiger partial charge in [-0.1, -0.05) is 12.1 Å². The van der Waals surface area contributed by atoms with Crippen molar-refractivity contribution in [2.24, 2.45) is 0 Å². The third kappa shape index (κ3) is 2.66. The van der Waals surface area contributed by atoms with Crippen LogP contribution in [-0.2, 0) is 6.54 Å². The lowest BCUT2D eigenvalue weighted by molar-refractivity contribution is 0.630. The Morgan fingerprint density at radius 2 is 2.04 bits per heavy atom. The van der Waals surface area contributed by atoms with E-state index in [9.17, 15) is 4.39 Å². The van der Waals surface area contributed by atoms with Gasteiger partial charge in [0.05, 0.1) is 18.4 Å². The van der Waals surface area contributed by atoms with Gasteiger partial charge in [-0.2, -0.15) is 9.61 Å². The van der Waals surface area contributed by atoms with E-state index >= 15 is 0 Å². The minimum absolute atomic E-state index is 0.295. The van der Waals surface area contributed by atoms with Crippen molar-refractivity contribution in [1.82, 2.24) is 19.6 Å². The molecule has 0 aliphatic heterocycles. The highest BCUT2D eigenvalue weighted by molar-refractivity contribution is 7.09. The first-order chi connectivity index (χ1) is 11.3. The van der Waals surface area contributed by atoms with E-state index in [4.69, 9.17) is 0 Å². The second-order valence-electron chi connectivity index (χ2n) is 4.89. The zero-order valence-corrected chi connectivity index (χ0v) is 12.8. The zero-order valence-electron chi connectivity index (χ0n) is 12.0. The number of imidazole rings is 1. The summed E-state index contributed by atoms with van der Waals surface area (Å²) in [7, 11) is 0. The molecule has 0 aliphatic carbocycles. The SMILES string of the molecule is Fc1ccccc1-c1ccc2ncc(NCc3nccs3)n2n1. The normalized spacial score (nSPS) is 11.0. The maximum atomic E-state index is 13.9. The van der Waals surface area contributed by atoms with Crippen molar-refractivity contribution in [1.29, 1.82) is 0 Å². The summed E-state index contributed by atoms with van der Waals surface area (Å²) in [4.78, 5) is 8.53. The fraction of sp³-hybridized carbons (Fsp3) is 0.0625. The van der Waals surface area contributed by atoms with Crippen LogP contribution >= 0.6 is 11.3 Å². The lowest BCUT2D eigenvalue weighted by Crippen LogP contribution is -2.04. The number of fused-ring (bicyclic) bond motifs is 1. The molecule has 4 aromatic rings. The van der Waals surface area contributed by atoms with Gasteiger partial charge in [0, 0.05) is 17.1 Å². The third-order valence-corrected chi connectivity index (χ3v) is 4.20. The van der Waals surface area contributed by atoms with Crippen molar-refractivity contribution in [3.63, 3.8) is 0 Å². The number of anilines is 1. The molecule has 4 rings (SSSR count). The number of nitrogens with zero attached hydrogens (tertiary/aromatic N) is 4. The van der Waals surface area contributed by atoms with Crippen LogP contribution in [0.15, 0.2) is 54.2 Å². The Balaban J connectivity index is 1.70. The van der Waals surface area contributed by atoms with Gasteiger partial charge in [-0.25, -0.2) is 14.4 Å². The number of benzene rings is 1. The maximum absolute atomic E-state index is 13.9. The first-order valence-electron chi connectivity index (χ1n) is 7.03. The number of halogens is 1. The molecule has 5 nitrogen and oxygen atoms in total. The van der Waals surface area contributed by atoms with Gasteiger partial charge in [0.15, 0.2) is 5.65 Å². The van der Waals surface area contributed by atoms with Crippen LogP contribution in [0.5, 0.6) is 0 Å². The Hall–Kier alpha value is -2.80. The van der Waals surface area contributed by atoms with Gasteiger partial charge in [-0.3, -0.25) is 0 Å². The first-order valence-corrected chi connectivity index (χ1v) is 7.91. The van der Waals surface area contributed by atoms with Gasteiger partial charge in [-0.05, 0) is 24.3 Å². The number of nitrogens with one attached hydrogen (secondary N) is 1. The van der Waals surface area contributed by atoms with E-state index in [-0.39, 0.29) is 5.82 Å². The predicted octanol–water partition coefficient (Wildman–Crippen LogP) is 3.60. The fourth-order valence-electron chi connectivity index (χ4n) is 2.31. The molecule has 0 aliphatic rings. The summed E-state index contributed by atoms with van der Waals surface area (Å²) in [5, 5.41) is 10.7. The Labute approximate surface area is 135 Å². The zero-order chi connectivity index (χ0) is 15.6. The molecular formula is C16H12FN5S. The molecule has 3 aromatic heterocycles. The van der Waals surface area contributed by atoms with Crippen LogP contribution in [0.25, 0.3) is 16.9 Å². The number of hydrogen-bond acceptors (Lipinski definition) is 5. The molecule has 0 atom stereocenters. The molecule has 0 radical (unpaired) electrons.